The normalized spacial score (nSPS) is 19.1. The molecule has 148 valence electrons. The third-order valence-electron chi connectivity index (χ3n) is 5.73. The number of rotatable bonds is 4. The Labute approximate surface area is 169 Å². The minimum absolute atomic E-state index is 0.0362. The molecule has 5 rings (SSSR count). The quantitative estimate of drug-likeness (QED) is 0.735. The van der Waals surface area contributed by atoms with E-state index in [1.165, 1.54) is 12.8 Å². The van der Waals surface area contributed by atoms with Crippen LogP contribution < -0.4 is 10.1 Å². The number of nitrogens with zero attached hydrogens (tertiary/aromatic N) is 4. The van der Waals surface area contributed by atoms with Gasteiger partial charge in [0, 0.05) is 30.3 Å². The Bertz CT molecular complexity index is 1020. The molecule has 1 fully saturated rings. The monoisotopic (exact) mass is 389 g/mol. The topological polar surface area (TPSA) is 81.9 Å². The molecule has 2 aliphatic rings. The van der Waals surface area contributed by atoms with E-state index in [-0.39, 0.29) is 11.8 Å². The van der Waals surface area contributed by atoms with E-state index in [4.69, 9.17) is 4.74 Å². The van der Waals surface area contributed by atoms with Crippen LogP contribution in [0.4, 0.5) is 5.82 Å². The van der Waals surface area contributed by atoms with Crippen molar-refractivity contribution in [2.24, 2.45) is 0 Å². The highest BCUT2D eigenvalue weighted by Crippen LogP contribution is 2.40. The molecule has 3 aromatic rings. The molecular weight excluding hydrogens is 366 g/mol. The number of carbonyl (C=O) groups excluding carboxylic acids is 1. The number of fused-ring (bicyclic) bond motifs is 1. The second-order valence-electron chi connectivity index (χ2n) is 7.71. The predicted molar refractivity (Wildman–Crippen MR) is 108 cm³/mol. The lowest BCUT2D eigenvalue weighted by molar-refractivity contribution is -0.116. The van der Waals surface area contributed by atoms with E-state index >= 15 is 0 Å². The van der Waals surface area contributed by atoms with Crippen molar-refractivity contribution in [3.8, 4) is 11.7 Å². The van der Waals surface area contributed by atoms with Gasteiger partial charge in [-0.15, -0.1) is 0 Å². The molecule has 0 spiro atoms. The zero-order valence-corrected chi connectivity index (χ0v) is 16.3. The average molecular weight is 389 g/mol. The number of anilines is 1. The molecule has 1 amide bonds. The second kappa shape index (κ2) is 7.31. The summed E-state index contributed by atoms with van der Waals surface area (Å²) in [6.45, 7) is 1.96. The molecule has 1 aliphatic carbocycles. The van der Waals surface area contributed by atoms with Crippen LogP contribution in [0.25, 0.3) is 5.95 Å². The summed E-state index contributed by atoms with van der Waals surface area (Å²) in [7, 11) is 0. The first kappa shape index (κ1) is 17.8. The Balaban J connectivity index is 1.48. The van der Waals surface area contributed by atoms with Crippen LogP contribution in [0.3, 0.4) is 0 Å². The molecule has 0 radical (unpaired) electrons. The second-order valence-corrected chi connectivity index (χ2v) is 7.71. The molecule has 0 unspecified atom stereocenters. The van der Waals surface area contributed by atoms with Gasteiger partial charge in [0.15, 0.2) is 0 Å². The molecule has 1 N–H and O–H groups in total. The fourth-order valence-electron chi connectivity index (χ4n) is 4.35. The molecule has 7 heteroatoms. The molecule has 3 heterocycles. The average Bonchev–Trinajstić information content (AvgIpc) is 3.36. The van der Waals surface area contributed by atoms with Crippen LogP contribution in [0.2, 0.25) is 0 Å². The molecule has 29 heavy (non-hydrogen) atoms. The fraction of sp³-hybridized carbons (Fsp3) is 0.364. The lowest BCUT2D eigenvalue weighted by atomic mass is 9.86. The van der Waals surface area contributed by atoms with E-state index in [0.29, 0.717) is 24.3 Å². The van der Waals surface area contributed by atoms with E-state index in [9.17, 15) is 4.79 Å². The zero-order valence-electron chi connectivity index (χ0n) is 16.3. The number of hydrogen-bond acceptors (Lipinski definition) is 5. The van der Waals surface area contributed by atoms with E-state index < -0.39 is 0 Å². The number of hydrogen-bond donors (Lipinski definition) is 1. The van der Waals surface area contributed by atoms with Crippen LogP contribution in [0, 0.1) is 6.92 Å². The van der Waals surface area contributed by atoms with E-state index in [2.05, 4.69) is 32.5 Å². The summed E-state index contributed by atoms with van der Waals surface area (Å²) in [4.78, 5) is 21.0. The molecule has 2 aromatic heterocycles. The molecular formula is C22H23N5O2. The summed E-state index contributed by atoms with van der Waals surface area (Å²) in [6.07, 6.45) is 8.81. The van der Waals surface area contributed by atoms with Crippen LogP contribution in [0.1, 0.15) is 54.8 Å². The maximum Gasteiger partial charge on any atom is 0.252 e. The van der Waals surface area contributed by atoms with Gasteiger partial charge < -0.3 is 10.1 Å². The minimum atomic E-state index is -0.0586. The number of carbonyl (C=O) groups is 1. The van der Waals surface area contributed by atoms with Gasteiger partial charge in [0.2, 0.25) is 5.91 Å². The SMILES string of the molecule is Cc1nn(-c2ncccn2)c2c1[C@@H](c1ccc(OC3CCCC3)cc1)CC(=O)N2. The number of benzene rings is 1. The Morgan fingerprint density at radius 2 is 1.83 bits per heavy atom. The molecule has 0 bridgehead atoms. The molecule has 7 nitrogen and oxygen atoms in total. The van der Waals surface area contributed by atoms with Crippen molar-refractivity contribution >= 4 is 11.7 Å². The van der Waals surface area contributed by atoms with Gasteiger partial charge in [-0.05, 0) is 56.4 Å². The van der Waals surface area contributed by atoms with Gasteiger partial charge in [0.25, 0.3) is 5.95 Å². The van der Waals surface area contributed by atoms with Crippen molar-refractivity contribution in [1.29, 1.82) is 0 Å². The largest absolute Gasteiger partial charge is 0.490 e. The summed E-state index contributed by atoms with van der Waals surface area (Å²) in [5.41, 5.74) is 2.96. The summed E-state index contributed by atoms with van der Waals surface area (Å²) in [5, 5.41) is 7.57. The number of aromatic nitrogens is 4. The first-order valence-corrected chi connectivity index (χ1v) is 10.1. The van der Waals surface area contributed by atoms with E-state index in [0.717, 1.165) is 35.4 Å². The maximum atomic E-state index is 12.5. The lowest BCUT2D eigenvalue weighted by Crippen LogP contribution is -2.25. The Morgan fingerprint density at radius 1 is 1.10 bits per heavy atom. The number of amides is 1. The predicted octanol–water partition coefficient (Wildman–Crippen LogP) is 3.77. The summed E-state index contributed by atoms with van der Waals surface area (Å²) in [5.74, 6) is 1.90. The van der Waals surface area contributed by atoms with Crippen molar-refractivity contribution in [3.63, 3.8) is 0 Å². The van der Waals surface area contributed by atoms with Crippen LogP contribution in [0.5, 0.6) is 5.75 Å². The van der Waals surface area contributed by atoms with Crippen molar-refractivity contribution in [3.05, 3.63) is 59.5 Å². The molecule has 1 atom stereocenters. The highest BCUT2D eigenvalue weighted by Gasteiger charge is 2.33. The van der Waals surface area contributed by atoms with Gasteiger partial charge in [-0.1, -0.05) is 12.1 Å². The van der Waals surface area contributed by atoms with Crippen molar-refractivity contribution < 1.29 is 9.53 Å². The number of aryl methyl sites for hydroxylation is 1. The highest BCUT2D eigenvalue weighted by molar-refractivity contribution is 5.95. The van der Waals surface area contributed by atoms with Crippen molar-refractivity contribution in [1.82, 2.24) is 19.7 Å². The molecule has 1 aliphatic heterocycles. The van der Waals surface area contributed by atoms with Gasteiger partial charge in [-0.3, -0.25) is 4.79 Å². The van der Waals surface area contributed by atoms with Gasteiger partial charge in [-0.2, -0.15) is 9.78 Å². The van der Waals surface area contributed by atoms with Crippen molar-refractivity contribution in [2.45, 2.75) is 51.0 Å². The Hall–Kier alpha value is -3.22. The Morgan fingerprint density at radius 3 is 2.55 bits per heavy atom. The molecule has 1 saturated carbocycles. The first-order valence-electron chi connectivity index (χ1n) is 10.1. The lowest BCUT2D eigenvalue weighted by Gasteiger charge is -2.24. The third kappa shape index (κ3) is 3.37. The fourth-order valence-corrected chi connectivity index (χ4v) is 4.35. The summed E-state index contributed by atoms with van der Waals surface area (Å²) >= 11 is 0. The van der Waals surface area contributed by atoms with Gasteiger partial charge in [-0.25, -0.2) is 9.97 Å². The zero-order chi connectivity index (χ0) is 19.8. The van der Waals surface area contributed by atoms with Crippen LogP contribution >= 0.6 is 0 Å². The standard InChI is InChI=1S/C22H23N5O2/c1-14-20-18(15-7-9-17(10-8-15)29-16-5-2-3-6-16)13-19(28)25-21(20)27(26-14)22-23-11-4-12-24-22/h4,7-12,16,18H,2-3,5-6,13H2,1H3,(H,25,28)/t18-/m1/s1. The van der Waals surface area contributed by atoms with Crippen LogP contribution in [-0.2, 0) is 4.79 Å². The smallest absolute Gasteiger partial charge is 0.252 e. The third-order valence-corrected chi connectivity index (χ3v) is 5.73. The highest BCUT2D eigenvalue weighted by atomic mass is 16.5. The van der Waals surface area contributed by atoms with Crippen molar-refractivity contribution in [2.75, 3.05) is 5.32 Å². The first-order chi connectivity index (χ1) is 14.2. The van der Waals surface area contributed by atoms with E-state index in [1.807, 2.05) is 19.1 Å². The van der Waals surface area contributed by atoms with Gasteiger partial charge in [0.1, 0.15) is 11.6 Å². The van der Waals surface area contributed by atoms with Crippen LogP contribution in [-0.4, -0.2) is 31.8 Å². The summed E-state index contributed by atoms with van der Waals surface area (Å²) in [6, 6.07) is 9.91. The van der Waals surface area contributed by atoms with Crippen LogP contribution in [0.15, 0.2) is 42.7 Å². The van der Waals surface area contributed by atoms with Gasteiger partial charge >= 0.3 is 0 Å². The van der Waals surface area contributed by atoms with E-state index in [1.54, 1.807) is 23.1 Å². The summed E-state index contributed by atoms with van der Waals surface area (Å²) < 4.78 is 7.70. The maximum absolute atomic E-state index is 12.5. The Kier molecular flexibility index (Phi) is 4.50. The number of ether oxygens (including phenoxy) is 1. The number of nitrogens with one attached hydrogen (secondary N) is 1. The minimum Gasteiger partial charge on any atom is -0.490 e. The molecule has 0 saturated heterocycles. The van der Waals surface area contributed by atoms with Gasteiger partial charge in [0.05, 0.1) is 11.8 Å². The molecule has 1 aromatic carbocycles.